The Bertz CT molecular complexity index is 675. The van der Waals surface area contributed by atoms with Crippen molar-refractivity contribution in [2.45, 2.75) is 25.7 Å². The van der Waals surface area contributed by atoms with E-state index in [1.165, 1.54) is 25.7 Å². The summed E-state index contributed by atoms with van der Waals surface area (Å²) in [6.45, 7) is 1.84. The maximum absolute atomic E-state index is 4.63. The number of nitrogens with one attached hydrogen (secondary N) is 4. The van der Waals surface area contributed by atoms with E-state index in [1.807, 2.05) is 14.1 Å². The van der Waals surface area contributed by atoms with Gasteiger partial charge < -0.3 is 21.3 Å². The topological polar surface area (TPSA) is 99.7 Å². The van der Waals surface area contributed by atoms with Crippen molar-refractivity contribution in [3.8, 4) is 0 Å². The molecule has 4 N–H and O–H groups in total. The number of rotatable bonds is 8. The lowest BCUT2D eigenvalue weighted by atomic mass is 10.3. The molecule has 0 amide bonds. The van der Waals surface area contributed by atoms with Crippen molar-refractivity contribution >= 4 is 34.6 Å². The highest BCUT2D eigenvalue weighted by molar-refractivity contribution is 5.94. The van der Waals surface area contributed by atoms with Crippen LogP contribution < -0.4 is 21.3 Å². The second-order valence-corrected chi connectivity index (χ2v) is 6.64. The first-order valence-corrected chi connectivity index (χ1v) is 8.70. The van der Waals surface area contributed by atoms with Gasteiger partial charge in [0.15, 0.2) is 11.6 Å². The van der Waals surface area contributed by atoms with E-state index in [1.54, 1.807) is 0 Å². The molecule has 0 aromatic carbocycles. The van der Waals surface area contributed by atoms with Crippen LogP contribution in [0.5, 0.6) is 0 Å². The van der Waals surface area contributed by atoms with Crippen LogP contribution >= 0.6 is 0 Å². The largest absolute Gasteiger partial charge is 0.371 e. The zero-order chi connectivity index (χ0) is 16.5. The highest BCUT2D eigenvalue weighted by atomic mass is 15.2. The first kappa shape index (κ1) is 15.2. The molecule has 0 atom stereocenters. The smallest absolute Gasteiger partial charge is 0.225 e. The molecule has 0 radical (unpaired) electrons. The zero-order valence-corrected chi connectivity index (χ0v) is 14.2. The Labute approximate surface area is 141 Å². The summed E-state index contributed by atoms with van der Waals surface area (Å²) in [4.78, 5) is 18.4. The lowest BCUT2D eigenvalue weighted by Gasteiger charge is -2.13. The second kappa shape index (κ2) is 6.26. The van der Waals surface area contributed by atoms with Crippen molar-refractivity contribution in [3.63, 3.8) is 0 Å². The molecule has 2 heterocycles. The van der Waals surface area contributed by atoms with Crippen LogP contribution in [-0.4, -0.2) is 47.1 Å². The fourth-order valence-electron chi connectivity index (χ4n) is 2.64. The van der Waals surface area contributed by atoms with Gasteiger partial charge in [0.05, 0.1) is 0 Å². The van der Waals surface area contributed by atoms with Gasteiger partial charge in [-0.25, -0.2) is 9.97 Å². The maximum Gasteiger partial charge on any atom is 0.225 e. The summed E-state index contributed by atoms with van der Waals surface area (Å²) in [5.41, 5.74) is 1.46. The van der Waals surface area contributed by atoms with E-state index in [4.69, 9.17) is 0 Å². The number of aromatic nitrogens is 4. The third kappa shape index (κ3) is 3.27. The SMILES string of the molecule is CNc1nc(NCC2CC2)nc2c(NC)nc(NCC3CC3)nc12. The summed E-state index contributed by atoms with van der Waals surface area (Å²) < 4.78 is 0. The number of hydrogen-bond donors (Lipinski definition) is 4. The molecule has 0 spiro atoms. The summed E-state index contributed by atoms with van der Waals surface area (Å²) in [6.07, 6.45) is 5.17. The van der Waals surface area contributed by atoms with Gasteiger partial charge in [0, 0.05) is 27.2 Å². The Morgan fingerprint density at radius 3 is 1.46 bits per heavy atom. The van der Waals surface area contributed by atoms with Crippen LogP contribution in [0.3, 0.4) is 0 Å². The molecule has 2 aromatic heterocycles. The number of fused-ring (bicyclic) bond motifs is 1. The molecule has 24 heavy (non-hydrogen) atoms. The molecule has 2 saturated carbocycles. The molecule has 0 aliphatic heterocycles. The maximum atomic E-state index is 4.63. The number of nitrogens with zero attached hydrogens (tertiary/aromatic N) is 4. The quantitative estimate of drug-likeness (QED) is 0.585. The molecule has 2 fully saturated rings. The van der Waals surface area contributed by atoms with Gasteiger partial charge >= 0.3 is 0 Å². The minimum atomic E-state index is 0.623. The Kier molecular flexibility index (Phi) is 3.95. The molecule has 128 valence electrons. The van der Waals surface area contributed by atoms with Crippen LogP contribution in [0, 0.1) is 11.8 Å². The van der Waals surface area contributed by atoms with Crippen LogP contribution in [0.25, 0.3) is 11.0 Å². The molecule has 0 saturated heterocycles. The van der Waals surface area contributed by atoms with Crippen molar-refractivity contribution in [1.82, 2.24) is 19.9 Å². The average molecular weight is 328 g/mol. The van der Waals surface area contributed by atoms with E-state index >= 15 is 0 Å². The van der Waals surface area contributed by atoms with Crippen LogP contribution in [-0.2, 0) is 0 Å². The van der Waals surface area contributed by atoms with Crippen LogP contribution in [0.4, 0.5) is 23.5 Å². The fourth-order valence-corrected chi connectivity index (χ4v) is 2.64. The molecular weight excluding hydrogens is 304 g/mol. The minimum absolute atomic E-state index is 0.623. The Balaban J connectivity index is 1.67. The van der Waals surface area contributed by atoms with Gasteiger partial charge in [0.2, 0.25) is 11.9 Å². The first-order valence-electron chi connectivity index (χ1n) is 8.70. The predicted molar refractivity (Wildman–Crippen MR) is 96.6 cm³/mol. The van der Waals surface area contributed by atoms with Gasteiger partial charge in [0.25, 0.3) is 0 Å². The second-order valence-electron chi connectivity index (χ2n) is 6.64. The zero-order valence-electron chi connectivity index (χ0n) is 14.2. The lowest BCUT2D eigenvalue weighted by molar-refractivity contribution is 0.872. The van der Waals surface area contributed by atoms with E-state index in [0.29, 0.717) is 23.5 Å². The fraction of sp³-hybridized carbons (Fsp3) is 0.625. The van der Waals surface area contributed by atoms with Gasteiger partial charge in [-0.15, -0.1) is 0 Å². The molecule has 4 rings (SSSR count). The van der Waals surface area contributed by atoms with Crippen molar-refractivity contribution in [2.24, 2.45) is 11.8 Å². The Morgan fingerprint density at radius 1 is 0.708 bits per heavy atom. The average Bonchev–Trinajstić information content (AvgIpc) is 3.51. The minimum Gasteiger partial charge on any atom is -0.371 e. The van der Waals surface area contributed by atoms with Crippen molar-refractivity contribution in [3.05, 3.63) is 0 Å². The molecule has 2 aliphatic rings. The summed E-state index contributed by atoms with van der Waals surface area (Å²) in [6, 6.07) is 0. The Morgan fingerprint density at radius 2 is 1.12 bits per heavy atom. The molecule has 0 unspecified atom stereocenters. The molecule has 0 bridgehead atoms. The summed E-state index contributed by atoms with van der Waals surface area (Å²) in [5.74, 6) is 4.20. The van der Waals surface area contributed by atoms with Gasteiger partial charge in [-0.1, -0.05) is 0 Å². The highest BCUT2D eigenvalue weighted by Gasteiger charge is 2.23. The lowest BCUT2D eigenvalue weighted by Crippen LogP contribution is -2.12. The first-order chi connectivity index (χ1) is 11.8. The van der Waals surface area contributed by atoms with Crippen LogP contribution in [0.1, 0.15) is 25.7 Å². The third-order valence-corrected chi connectivity index (χ3v) is 4.51. The van der Waals surface area contributed by atoms with Gasteiger partial charge in [-0.3, -0.25) is 0 Å². The summed E-state index contributed by atoms with van der Waals surface area (Å²) in [5, 5.41) is 12.9. The molecule has 2 aromatic rings. The van der Waals surface area contributed by atoms with Crippen LogP contribution in [0.15, 0.2) is 0 Å². The Hall–Kier alpha value is -2.38. The van der Waals surface area contributed by atoms with E-state index in [0.717, 1.165) is 36.0 Å². The van der Waals surface area contributed by atoms with Crippen molar-refractivity contribution in [2.75, 3.05) is 48.5 Å². The monoisotopic (exact) mass is 328 g/mol. The normalized spacial score (nSPS) is 16.9. The van der Waals surface area contributed by atoms with E-state index < -0.39 is 0 Å². The van der Waals surface area contributed by atoms with Gasteiger partial charge in [-0.05, 0) is 37.5 Å². The summed E-state index contributed by atoms with van der Waals surface area (Å²) >= 11 is 0. The van der Waals surface area contributed by atoms with E-state index in [9.17, 15) is 0 Å². The van der Waals surface area contributed by atoms with Gasteiger partial charge in [0.1, 0.15) is 11.0 Å². The number of anilines is 4. The summed E-state index contributed by atoms with van der Waals surface area (Å²) in [7, 11) is 3.70. The van der Waals surface area contributed by atoms with Crippen molar-refractivity contribution < 1.29 is 0 Å². The molecule has 2 aliphatic carbocycles. The van der Waals surface area contributed by atoms with E-state index in [-0.39, 0.29) is 0 Å². The van der Waals surface area contributed by atoms with E-state index in [2.05, 4.69) is 41.2 Å². The molecule has 8 nitrogen and oxygen atoms in total. The molecular formula is C16H24N8. The third-order valence-electron chi connectivity index (χ3n) is 4.51. The van der Waals surface area contributed by atoms with Crippen molar-refractivity contribution in [1.29, 1.82) is 0 Å². The number of hydrogen-bond acceptors (Lipinski definition) is 8. The highest BCUT2D eigenvalue weighted by Crippen LogP contribution is 2.31. The standard InChI is InChI=1S/C16H24N8/c1-17-13-11-12(22-15(23-13)19-7-9-3-4-9)14(18-2)24-16(21-11)20-8-10-5-6-10/h9-10H,3-8H2,1-2H3,(H2,17,19,22,23)(H2,18,20,21,24). The molecule has 8 heteroatoms. The predicted octanol–water partition coefficient (Wildman–Crippen LogP) is 2.15. The van der Waals surface area contributed by atoms with Crippen LogP contribution in [0.2, 0.25) is 0 Å². The van der Waals surface area contributed by atoms with Gasteiger partial charge in [-0.2, -0.15) is 9.97 Å².